The van der Waals surface area contributed by atoms with Crippen LogP contribution in [0.15, 0.2) is 83.1 Å². The molecule has 0 bridgehead atoms. The molecule has 3 aromatic carbocycles. The van der Waals surface area contributed by atoms with Gasteiger partial charge in [0.2, 0.25) is 0 Å². The van der Waals surface area contributed by atoms with Crippen molar-refractivity contribution in [3.05, 3.63) is 95.3 Å². The molecule has 1 N–H and O–H groups in total. The van der Waals surface area contributed by atoms with E-state index in [-0.39, 0.29) is 11.7 Å². The van der Waals surface area contributed by atoms with Crippen LogP contribution in [-0.4, -0.2) is 32.6 Å². The first kappa shape index (κ1) is 22.4. The minimum Gasteiger partial charge on any atom is -0.272 e. The Morgan fingerprint density at radius 3 is 2.36 bits per heavy atom. The van der Waals surface area contributed by atoms with Gasteiger partial charge in [-0.1, -0.05) is 77.5 Å². The van der Waals surface area contributed by atoms with E-state index in [0.29, 0.717) is 16.5 Å². The summed E-state index contributed by atoms with van der Waals surface area (Å²) in [6.45, 7) is 4.06. The van der Waals surface area contributed by atoms with Crippen LogP contribution in [0.4, 0.5) is 4.39 Å². The minimum absolute atomic E-state index is 0.0759. The number of nitrogens with one attached hydrogen (secondary N) is 1. The molecular weight excluding hydrogens is 437 g/mol. The molecule has 0 saturated carbocycles. The van der Waals surface area contributed by atoms with Crippen LogP contribution in [0.3, 0.4) is 0 Å². The highest BCUT2D eigenvalue weighted by Crippen LogP contribution is 2.28. The number of aryl methyl sites for hydroxylation is 2. The zero-order chi connectivity index (χ0) is 23.2. The lowest BCUT2D eigenvalue weighted by Crippen LogP contribution is -2.20. The molecule has 0 aliphatic rings. The van der Waals surface area contributed by atoms with E-state index in [9.17, 15) is 9.18 Å². The Hall–Kier alpha value is -3.78. The first-order valence-corrected chi connectivity index (χ1v) is 11.3. The topological polar surface area (TPSA) is 72.2 Å². The number of aromatic nitrogens is 3. The smallest absolute Gasteiger partial charge is 0.250 e. The molecule has 1 aromatic heterocycles. The number of rotatable bonds is 7. The Morgan fingerprint density at radius 2 is 1.67 bits per heavy atom. The van der Waals surface area contributed by atoms with E-state index in [1.54, 1.807) is 18.2 Å². The van der Waals surface area contributed by atoms with Gasteiger partial charge >= 0.3 is 0 Å². The molecule has 0 unspecified atom stereocenters. The Balaban J connectivity index is 1.52. The van der Waals surface area contributed by atoms with Crippen LogP contribution >= 0.6 is 11.8 Å². The van der Waals surface area contributed by atoms with E-state index < -0.39 is 5.82 Å². The Morgan fingerprint density at radius 1 is 1.00 bits per heavy atom. The van der Waals surface area contributed by atoms with Crippen molar-refractivity contribution in [1.82, 2.24) is 20.2 Å². The third-order valence-corrected chi connectivity index (χ3v) is 5.79. The molecule has 166 valence electrons. The number of nitrogens with zero attached hydrogens (tertiary/aromatic N) is 4. The molecule has 0 radical (unpaired) electrons. The van der Waals surface area contributed by atoms with Crippen LogP contribution in [0.1, 0.15) is 16.7 Å². The molecule has 0 fully saturated rings. The Bertz CT molecular complexity index is 1280. The summed E-state index contributed by atoms with van der Waals surface area (Å²) in [4.78, 5) is 12.3. The zero-order valence-electron chi connectivity index (χ0n) is 18.2. The SMILES string of the molecule is Cc1ccc(-c2nnc(SCC(=O)N/N=C/c3ccccc3F)n2-c2ccc(C)cc2)cc1. The van der Waals surface area contributed by atoms with E-state index in [4.69, 9.17) is 0 Å². The van der Waals surface area contributed by atoms with Gasteiger partial charge in [-0.3, -0.25) is 9.36 Å². The van der Waals surface area contributed by atoms with Crippen molar-refractivity contribution in [3.63, 3.8) is 0 Å². The maximum absolute atomic E-state index is 13.7. The third-order valence-electron chi connectivity index (χ3n) is 4.87. The van der Waals surface area contributed by atoms with Gasteiger partial charge in [0.05, 0.1) is 12.0 Å². The summed E-state index contributed by atoms with van der Waals surface area (Å²) in [6, 6.07) is 22.3. The number of carbonyl (C=O) groups excluding carboxylic acids is 1. The van der Waals surface area contributed by atoms with Crippen molar-refractivity contribution < 1.29 is 9.18 Å². The number of benzene rings is 3. The van der Waals surface area contributed by atoms with Gasteiger partial charge in [0, 0.05) is 16.8 Å². The average molecular weight is 460 g/mol. The number of halogens is 1. The van der Waals surface area contributed by atoms with Crippen LogP contribution in [0.5, 0.6) is 0 Å². The van der Waals surface area contributed by atoms with Gasteiger partial charge in [-0.05, 0) is 32.0 Å². The molecular formula is C25H22FN5OS. The van der Waals surface area contributed by atoms with Crippen molar-refractivity contribution in [1.29, 1.82) is 0 Å². The van der Waals surface area contributed by atoms with Crippen molar-refractivity contribution in [2.24, 2.45) is 5.10 Å². The molecule has 1 amide bonds. The molecule has 0 spiro atoms. The van der Waals surface area contributed by atoms with E-state index in [2.05, 4.69) is 20.7 Å². The zero-order valence-corrected chi connectivity index (χ0v) is 19.0. The maximum Gasteiger partial charge on any atom is 0.250 e. The van der Waals surface area contributed by atoms with E-state index in [0.717, 1.165) is 22.4 Å². The van der Waals surface area contributed by atoms with Crippen molar-refractivity contribution in [2.75, 3.05) is 5.75 Å². The summed E-state index contributed by atoms with van der Waals surface area (Å²) in [5.74, 6) is 0.0361. The molecule has 8 heteroatoms. The number of carbonyl (C=O) groups is 1. The van der Waals surface area contributed by atoms with Crippen LogP contribution < -0.4 is 5.43 Å². The fourth-order valence-electron chi connectivity index (χ4n) is 3.10. The summed E-state index contributed by atoms with van der Waals surface area (Å²) in [6.07, 6.45) is 1.28. The molecule has 4 aromatic rings. The van der Waals surface area contributed by atoms with Gasteiger partial charge in [0.15, 0.2) is 11.0 Å². The van der Waals surface area contributed by atoms with E-state index in [1.807, 2.05) is 66.9 Å². The number of amides is 1. The second-order valence-corrected chi connectivity index (χ2v) is 8.39. The Labute approximate surface area is 195 Å². The van der Waals surface area contributed by atoms with Crippen LogP contribution in [0, 0.1) is 19.7 Å². The molecule has 1 heterocycles. The van der Waals surface area contributed by atoms with Gasteiger partial charge in [-0.25, -0.2) is 9.82 Å². The lowest BCUT2D eigenvalue weighted by molar-refractivity contribution is -0.118. The summed E-state index contributed by atoms with van der Waals surface area (Å²) in [5.41, 5.74) is 6.86. The lowest BCUT2D eigenvalue weighted by Gasteiger charge is -2.11. The summed E-state index contributed by atoms with van der Waals surface area (Å²) in [7, 11) is 0. The van der Waals surface area contributed by atoms with Crippen LogP contribution in [0.2, 0.25) is 0 Å². The van der Waals surface area contributed by atoms with E-state index in [1.165, 1.54) is 24.0 Å². The number of hydrogen-bond acceptors (Lipinski definition) is 5. The Kier molecular flexibility index (Phi) is 6.95. The molecule has 0 saturated heterocycles. The normalized spacial score (nSPS) is 11.1. The first-order chi connectivity index (χ1) is 16.0. The van der Waals surface area contributed by atoms with Crippen molar-refractivity contribution >= 4 is 23.9 Å². The van der Waals surface area contributed by atoms with Crippen molar-refractivity contribution in [2.45, 2.75) is 19.0 Å². The highest BCUT2D eigenvalue weighted by Gasteiger charge is 2.17. The molecule has 33 heavy (non-hydrogen) atoms. The highest BCUT2D eigenvalue weighted by molar-refractivity contribution is 7.99. The molecule has 0 aliphatic carbocycles. The molecule has 6 nitrogen and oxygen atoms in total. The lowest BCUT2D eigenvalue weighted by atomic mass is 10.1. The van der Waals surface area contributed by atoms with Crippen molar-refractivity contribution in [3.8, 4) is 17.1 Å². The third kappa shape index (κ3) is 5.53. The van der Waals surface area contributed by atoms with Gasteiger partial charge in [0.1, 0.15) is 5.82 Å². The predicted molar refractivity (Wildman–Crippen MR) is 129 cm³/mol. The largest absolute Gasteiger partial charge is 0.272 e. The first-order valence-electron chi connectivity index (χ1n) is 10.3. The minimum atomic E-state index is -0.403. The molecule has 4 rings (SSSR count). The van der Waals surface area contributed by atoms with Crippen LogP contribution in [0.25, 0.3) is 17.1 Å². The average Bonchev–Trinajstić information content (AvgIpc) is 3.24. The summed E-state index contributed by atoms with van der Waals surface area (Å²) in [5, 5.41) is 13.2. The fraction of sp³-hybridized carbons (Fsp3) is 0.120. The predicted octanol–water partition coefficient (Wildman–Crippen LogP) is 4.93. The highest BCUT2D eigenvalue weighted by atomic mass is 32.2. The van der Waals surface area contributed by atoms with Gasteiger partial charge < -0.3 is 0 Å². The molecule has 0 atom stereocenters. The monoisotopic (exact) mass is 459 g/mol. The van der Waals surface area contributed by atoms with Gasteiger partial charge in [-0.15, -0.1) is 10.2 Å². The number of thioether (sulfide) groups is 1. The number of hydrogen-bond donors (Lipinski definition) is 1. The number of hydrazone groups is 1. The summed E-state index contributed by atoms with van der Waals surface area (Å²) < 4.78 is 15.6. The standard InChI is InChI=1S/C25H22FN5OS/c1-17-7-11-19(12-8-17)24-29-30-25(31(24)21-13-9-18(2)10-14-21)33-16-23(32)28-27-15-20-5-3-4-6-22(20)26/h3-15H,16H2,1-2H3,(H,28,32)/b27-15+. The van der Waals surface area contributed by atoms with Gasteiger partial charge in [0.25, 0.3) is 5.91 Å². The molecule has 0 aliphatic heterocycles. The fourth-order valence-corrected chi connectivity index (χ4v) is 3.84. The van der Waals surface area contributed by atoms with Gasteiger partial charge in [-0.2, -0.15) is 5.10 Å². The maximum atomic E-state index is 13.7. The van der Waals surface area contributed by atoms with Crippen LogP contribution in [-0.2, 0) is 4.79 Å². The quantitative estimate of drug-likeness (QED) is 0.242. The second kappa shape index (κ2) is 10.2. The second-order valence-electron chi connectivity index (χ2n) is 7.45. The van der Waals surface area contributed by atoms with E-state index >= 15 is 0 Å². The summed E-state index contributed by atoms with van der Waals surface area (Å²) >= 11 is 1.25.